The smallest absolute Gasteiger partial charge is 0.281 e. The largest absolute Gasteiger partial charge is 0.497 e. The zero-order valence-electron chi connectivity index (χ0n) is 12.2. The highest BCUT2D eigenvalue weighted by Gasteiger charge is 2.25. The monoisotopic (exact) mass is 338 g/mol. The highest BCUT2D eigenvalue weighted by atomic mass is 32.2. The van der Waals surface area contributed by atoms with E-state index in [2.05, 4.69) is 14.8 Å². The van der Waals surface area contributed by atoms with Crippen molar-refractivity contribution >= 4 is 32.0 Å². The second-order valence-electron chi connectivity index (χ2n) is 4.65. The van der Waals surface area contributed by atoms with E-state index in [4.69, 9.17) is 4.74 Å². The zero-order valence-corrected chi connectivity index (χ0v) is 13.8. The number of methoxy groups -OCH3 is 1. The Labute approximate surface area is 131 Å². The Morgan fingerprint density at radius 3 is 2.55 bits per heavy atom. The Bertz CT molecular complexity index is 926. The van der Waals surface area contributed by atoms with Crippen LogP contribution in [-0.4, -0.2) is 30.1 Å². The molecule has 0 saturated carbocycles. The number of anilines is 1. The molecule has 0 spiro atoms. The average Bonchev–Trinajstić information content (AvgIpc) is 2.93. The number of aromatic nitrogens is 3. The van der Waals surface area contributed by atoms with Gasteiger partial charge in [0.05, 0.1) is 12.8 Å². The van der Waals surface area contributed by atoms with E-state index in [0.29, 0.717) is 22.1 Å². The molecule has 0 saturated heterocycles. The van der Waals surface area contributed by atoms with Gasteiger partial charge < -0.3 is 4.74 Å². The van der Waals surface area contributed by atoms with Gasteiger partial charge in [-0.25, -0.2) is 4.98 Å². The van der Waals surface area contributed by atoms with Crippen molar-refractivity contribution in [2.75, 3.05) is 11.8 Å². The number of nitrogens with one attached hydrogen (secondary N) is 1. The zero-order chi connectivity index (χ0) is 15.9. The summed E-state index contributed by atoms with van der Waals surface area (Å²) in [5.41, 5.74) is 0.863. The van der Waals surface area contributed by atoms with E-state index in [1.165, 1.54) is 15.9 Å². The fourth-order valence-electron chi connectivity index (χ4n) is 2.10. The minimum atomic E-state index is -3.78. The van der Waals surface area contributed by atoms with Gasteiger partial charge in [0.15, 0.2) is 0 Å². The number of aryl methyl sites for hydroxylation is 2. The van der Waals surface area contributed by atoms with Crippen LogP contribution in [-0.2, 0) is 10.0 Å². The fraction of sp³-hybridized carbons (Fsp3) is 0.231. The van der Waals surface area contributed by atoms with Crippen molar-refractivity contribution in [2.45, 2.75) is 18.9 Å². The molecular formula is C13H14N4O3S2. The van der Waals surface area contributed by atoms with Crippen LogP contribution in [0.4, 0.5) is 5.69 Å². The molecule has 2 aromatic heterocycles. The van der Waals surface area contributed by atoms with Gasteiger partial charge in [0, 0.05) is 5.69 Å². The van der Waals surface area contributed by atoms with Gasteiger partial charge in [-0.3, -0.25) is 4.72 Å². The first-order valence-electron chi connectivity index (χ1n) is 6.40. The van der Waals surface area contributed by atoms with E-state index >= 15 is 0 Å². The van der Waals surface area contributed by atoms with Gasteiger partial charge in [-0.1, -0.05) is 11.3 Å². The van der Waals surface area contributed by atoms with Crippen LogP contribution in [0.5, 0.6) is 5.75 Å². The molecule has 0 radical (unpaired) electrons. The molecule has 0 unspecified atom stereocenters. The summed E-state index contributed by atoms with van der Waals surface area (Å²) in [6, 6.07) is 6.64. The lowest BCUT2D eigenvalue weighted by Gasteiger charge is -2.08. The molecule has 2 heterocycles. The number of ether oxygens (including phenoxy) is 1. The standard InChI is InChI=1S/C13H14N4O3S2/c1-8-12(17-13(14-8)21-9(2)15-17)22(18,19)16-10-4-6-11(20-3)7-5-10/h4-7,16H,1-3H3. The first-order chi connectivity index (χ1) is 10.4. The van der Waals surface area contributed by atoms with Crippen LogP contribution in [0.2, 0.25) is 0 Å². The number of imidazole rings is 1. The highest BCUT2D eigenvalue weighted by molar-refractivity contribution is 7.92. The van der Waals surface area contributed by atoms with E-state index < -0.39 is 10.0 Å². The molecule has 0 aliphatic carbocycles. The van der Waals surface area contributed by atoms with Crippen LogP contribution < -0.4 is 9.46 Å². The molecule has 0 bridgehead atoms. The third kappa shape index (κ3) is 2.53. The van der Waals surface area contributed by atoms with E-state index in [1.54, 1.807) is 38.3 Å². The molecule has 7 nitrogen and oxygen atoms in total. The quantitative estimate of drug-likeness (QED) is 0.788. The van der Waals surface area contributed by atoms with Gasteiger partial charge >= 0.3 is 0 Å². The maximum atomic E-state index is 12.6. The Kier molecular flexibility index (Phi) is 3.53. The predicted octanol–water partition coefficient (Wildman–Crippen LogP) is 2.22. The van der Waals surface area contributed by atoms with Gasteiger partial charge in [-0.2, -0.15) is 18.0 Å². The second-order valence-corrected chi connectivity index (χ2v) is 7.41. The lowest BCUT2D eigenvalue weighted by Crippen LogP contribution is -2.16. The molecular weight excluding hydrogens is 324 g/mol. The number of fused-ring (bicyclic) bond motifs is 1. The molecule has 9 heteroatoms. The van der Waals surface area contributed by atoms with Crippen molar-refractivity contribution in [3.63, 3.8) is 0 Å². The summed E-state index contributed by atoms with van der Waals surface area (Å²) in [7, 11) is -2.23. The molecule has 0 amide bonds. The minimum Gasteiger partial charge on any atom is -0.497 e. The summed E-state index contributed by atoms with van der Waals surface area (Å²) in [6.07, 6.45) is 0. The Hall–Kier alpha value is -2.13. The van der Waals surface area contributed by atoms with Crippen LogP contribution in [0, 0.1) is 13.8 Å². The maximum Gasteiger partial charge on any atom is 0.281 e. The number of sulfonamides is 1. The molecule has 1 N–H and O–H groups in total. The Balaban J connectivity index is 2.01. The van der Waals surface area contributed by atoms with Crippen LogP contribution in [0.25, 0.3) is 4.96 Å². The summed E-state index contributed by atoms with van der Waals surface area (Å²) in [5.74, 6) is 0.654. The molecule has 22 heavy (non-hydrogen) atoms. The van der Waals surface area contributed by atoms with Crippen molar-refractivity contribution in [3.05, 3.63) is 35.0 Å². The lowest BCUT2D eigenvalue weighted by molar-refractivity contribution is 0.415. The summed E-state index contributed by atoms with van der Waals surface area (Å²) in [6.45, 7) is 3.46. The third-order valence-corrected chi connectivity index (χ3v) is 5.33. The van der Waals surface area contributed by atoms with E-state index in [9.17, 15) is 8.42 Å². The molecule has 1 aromatic carbocycles. The van der Waals surface area contributed by atoms with Crippen molar-refractivity contribution in [1.82, 2.24) is 14.6 Å². The Morgan fingerprint density at radius 2 is 1.91 bits per heavy atom. The van der Waals surface area contributed by atoms with Gasteiger partial charge in [-0.05, 0) is 38.1 Å². The highest BCUT2D eigenvalue weighted by Crippen LogP contribution is 2.24. The number of hydrogen-bond acceptors (Lipinski definition) is 6. The lowest BCUT2D eigenvalue weighted by atomic mass is 10.3. The average molecular weight is 338 g/mol. The molecule has 0 aliphatic heterocycles. The van der Waals surface area contributed by atoms with Crippen molar-refractivity contribution in [2.24, 2.45) is 0 Å². The number of nitrogens with zero attached hydrogens (tertiary/aromatic N) is 3. The molecule has 0 atom stereocenters. The summed E-state index contributed by atoms with van der Waals surface area (Å²) in [4.78, 5) is 4.81. The first kappa shape index (κ1) is 14.8. The minimum absolute atomic E-state index is 0.0580. The van der Waals surface area contributed by atoms with Gasteiger partial charge in [-0.15, -0.1) is 0 Å². The summed E-state index contributed by atoms with van der Waals surface area (Å²) in [5, 5.41) is 5.01. The maximum absolute atomic E-state index is 12.6. The molecule has 3 rings (SSSR count). The molecule has 116 valence electrons. The van der Waals surface area contributed by atoms with E-state index in [0.717, 1.165) is 5.01 Å². The number of hydrogen-bond donors (Lipinski definition) is 1. The first-order valence-corrected chi connectivity index (χ1v) is 8.70. The topological polar surface area (TPSA) is 85.6 Å². The van der Waals surface area contributed by atoms with E-state index in [1.807, 2.05) is 6.92 Å². The second kappa shape index (κ2) is 5.25. The summed E-state index contributed by atoms with van der Waals surface area (Å²) >= 11 is 1.35. The van der Waals surface area contributed by atoms with Crippen LogP contribution in [0.15, 0.2) is 29.3 Å². The van der Waals surface area contributed by atoms with Crippen LogP contribution in [0.3, 0.4) is 0 Å². The SMILES string of the molecule is COc1ccc(NS(=O)(=O)c2c(C)nc3sc(C)nn23)cc1. The van der Waals surface area contributed by atoms with Crippen LogP contribution in [0.1, 0.15) is 10.7 Å². The van der Waals surface area contributed by atoms with Crippen molar-refractivity contribution in [3.8, 4) is 5.75 Å². The number of rotatable bonds is 4. The van der Waals surface area contributed by atoms with Crippen molar-refractivity contribution in [1.29, 1.82) is 0 Å². The van der Waals surface area contributed by atoms with Gasteiger partial charge in [0.1, 0.15) is 10.8 Å². The van der Waals surface area contributed by atoms with E-state index in [-0.39, 0.29) is 5.03 Å². The predicted molar refractivity (Wildman–Crippen MR) is 84.1 cm³/mol. The van der Waals surface area contributed by atoms with Crippen molar-refractivity contribution < 1.29 is 13.2 Å². The fourth-order valence-corrected chi connectivity index (χ4v) is 4.28. The normalized spacial score (nSPS) is 11.8. The molecule has 0 fully saturated rings. The van der Waals surface area contributed by atoms with Gasteiger partial charge in [0.25, 0.3) is 10.0 Å². The summed E-state index contributed by atoms with van der Waals surface area (Å²) < 4.78 is 34.2. The molecule has 3 aromatic rings. The number of benzene rings is 1. The van der Waals surface area contributed by atoms with Crippen LogP contribution >= 0.6 is 11.3 Å². The Morgan fingerprint density at radius 1 is 1.23 bits per heavy atom. The van der Waals surface area contributed by atoms with Gasteiger partial charge in [0.2, 0.25) is 9.99 Å². The third-order valence-electron chi connectivity index (χ3n) is 3.02. The molecule has 0 aliphatic rings.